The summed E-state index contributed by atoms with van der Waals surface area (Å²) in [7, 11) is 0. The number of rotatable bonds is 6. The summed E-state index contributed by atoms with van der Waals surface area (Å²) in [6, 6.07) is 12.0. The minimum atomic E-state index is -0.471. The van der Waals surface area contributed by atoms with E-state index in [4.69, 9.17) is 4.63 Å². The molecule has 3 aromatic heterocycles. The molecule has 3 heterocycles. The molecule has 0 fully saturated rings. The van der Waals surface area contributed by atoms with Crippen LogP contribution < -0.4 is 10.6 Å². The molecule has 2 aromatic carbocycles. The van der Waals surface area contributed by atoms with Crippen LogP contribution in [-0.4, -0.2) is 47.5 Å². The van der Waals surface area contributed by atoms with Gasteiger partial charge >= 0.3 is 0 Å². The molecule has 1 aliphatic rings. The van der Waals surface area contributed by atoms with Gasteiger partial charge in [0.1, 0.15) is 28.7 Å². The number of carbonyl (C=O) groups is 3. The van der Waals surface area contributed by atoms with Gasteiger partial charge in [0, 0.05) is 18.2 Å². The second-order valence-electron chi connectivity index (χ2n) is 8.80. The molecule has 0 saturated carbocycles. The maximum Gasteiger partial charge on any atom is 0.270 e. The van der Waals surface area contributed by atoms with Crippen LogP contribution in [0.5, 0.6) is 0 Å². The average molecular weight is 496 g/mol. The molecule has 1 atom stereocenters. The molecule has 5 aromatic rings. The maximum absolute atomic E-state index is 13.3. The number of aryl methyl sites for hydroxylation is 1. The van der Waals surface area contributed by atoms with Gasteiger partial charge in [0.2, 0.25) is 0 Å². The lowest BCUT2D eigenvalue weighted by molar-refractivity contribution is 0.0927. The van der Waals surface area contributed by atoms with Gasteiger partial charge in [0.25, 0.3) is 17.6 Å². The van der Waals surface area contributed by atoms with Crippen molar-refractivity contribution in [2.45, 2.75) is 32.4 Å². The van der Waals surface area contributed by atoms with Crippen LogP contribution in [0.25, 0.3) is 16.8 Å². The van der Waals surface area contributed by atoms with Crippen LogP contribution in [-0.2, 0) is 13.0 Å². The van der Waals surface area contributed by atoms with Gasteiger partial charge in [0.05, 0.1) is 6.04 Å². The van der Waals surface area contributed by atoms with Gasteiger partial charge in [-0.15, -0.1) is 0 Å². The Morgan fingerprint density at radius 2 is 1.92 bits per heavy atom. The molecule has 37 heavy (non-hydrogen) atoms. The number of fused-ring (bicyclic) bond motifs is 3. The van der Waals surface area contributed by atoms with E-state index in [1.807, 2.05) is 12.1 Å². The SMILES string of the molecule is CC(=O)c1ccc2c(c1)CC[C@@H]2NC(=O)c1cc(C(=O)NCc2ccc3nonc3c2)nc2ncnn12. The number of aromatic nitrogens is 6. The van der Waals surface area contributed by atoms with E-state index in [1.54, 1.807) is 24.3 Å². The Hall–Kier alpha value is -5.00. The van der Waals surface area contributed by atoms with Crippen LogP contribution >= 0.6 is 0 Å². The Kier molecular flexibility index (Phi) is 5.40. The number of hydrogen-bond donors (Lipinski definition) is 2. The summed E-state index contributed by atoms with van der Waals surface area (Å²) in [5, 5.41) is 17.5. The van der Waals surface area contributed by atoms with Crippen molar-refractivity contribution in [2.24, 2.45) is 0 Å². The average Bonchev–Trinajstić information content (AvgIpc) is 3.65. The van der Waals surface area contributed by atoms with Crippen LogP contribution in [0.3, 0.4) is 0 Å². The summed E-state index contributed by atoms with van der Waals surface area (Å²) in [6.07, 6.45) is 2.73. The van der Waals surface area contributed by atoms with Gasteiger partial charge in [-0.2, -0.15) is 14.6 Å². The molecule has 0 unspecified atom stereocenters. The quantitative estimate of drug-likeness (QED) is 0.336. The lowest BCUT2D eigenvalue weighted by Crippen LogP contribution is -2.30. The predicted octanol–water partition coefficient (Wildman–Crippen LogP) is 2.21. The topological polar surface area (TPSA) is 157 Å². The van der Waals surface area contributed by atoms with Gasteiger partial charge < -0.3 is 10.6 Å². The van der Waals surface area contributed by atoms with Crippen molar-refractivity contribution >= 4 is 34.4 Å². The highest BCUT2D eigenvalue weighted by molar-refractivity contribution is 5.98. The Morgan fingerprint density at radius 1 is 1.05 bits per heavy atom. The van der Waals surface area contributed by atoms with Gasteiger partial charge in [-0.3, -0.25) is 14.4 Å². The molecular formula is C25H20N8O4. The number of nitrogens with one attached hydrogen (secondary N) is 2. The van der Waals surface area contributed by atoms with E-state index in [2.05, 4.69) is 36.0 Å². The van der Waals surface area contributed by atoms with Crippen molar-refractivity contribution in [1.82, 2.24) is 40.5 Å². The van der Waals surface area contributed by atoms with Gasteiger partial charge in [0.15, 0.2) is 5.78 Å². The molecule has 12 nitrogen and oxygen atoms in total. The number of Topliss-reactive ketones (excluding diaryl/α,β-unsaturated/α-hetero) is 1. The summed E-state index contributed by atoms with van der Waals surface area (Å²) in [6.45, 7) is 1.74. The van der Waals surface area contributed by atoms with Crippen molar-refractivity contribution in [1.29, 1.82) is 0 Å². The minimum Gasteiger partial charge on any atom is -0.347 e. The maximum atomic E-state index is 13.3. The highest BCUT2D eigenvalue weighted by atomic mass is 16.6. The van der Waals surface area contributed by atoms with Crippen LogP contribution in [0.4, 0.5) is 0 Å². The van der Waals surface area contributed by atoms with Crippen LogP contribution in [0, 0.1) is 0 Å². The summed E-state index contributed by atoms with van der Waals surface area (Å²) < 4.78 is 6.00. The Bertz CT molecular complexity index is 1710. The molecule has 2 N–H and O–H groups in total. The lowest BCUT2D eigenvalue weighted by atomic mass is 10.0. The molecule has 0 radical (unpaired) electrons. The molecule has 0 spiro atoms. The minimum absolute atomic E-state index is 0.00199. The summed E-state index contributed by atoms with van der Waals surface area (Å²) in [5.74, 6) is -0.752. The Balaban J connectivity index is 1.22. The number of carbonyl (C=O) groups excluding carboxylic acids is 3. The first-order valence-electron chi connectivity index (χ1n) is 11.6. The van der Waals surface area contributed by atoms with Crippen LogP contribution in [0.15, 0.2) is 53.4 Å². The fourth-order valence-electron chi connectivity index (χ4n) is 4.52. The summed E-state index contributed by atoms with van der Waals surface area (Å²) >= 11 is 0. The largest absolute Gasteiger partial charge is 0.347 e. The fraction of sp³-hybridized carbons (Fsp3) is 0.200. The second-order valence-corrected chi connectivity index (χ2v) is 8.80. The first-order chi connectivity index (χ1) is 18.0. The lowest BCUT2D eigenvalue weighted by Gasteiger charge is -2.15. The first-order valence-corrected chi connectivity index (χ1v) is 11.6. The molecule has 0 aliphatic heterocycles. The zero-order valence-corrected chi connectivity index (χ0v) is 19.6. The molecule has 12 heteroatoms. The predicted molar refractivity (Wildman–Crippen MR) is 129 cm³/mol. The highest BCUT2D eigenvalue weighted by Gasteiger charge is 2.27. The molecule has 6 rings (SSSR count). The van der Waals surface area contributed by atoms with E-state index < -0.39 is 11.8 Å². The van der Waals surface area contributed by atoms with E-state index in [-0.39, 0.29) is 35.5 Å². The number of ketones is 1. The normalized spacial score (nSPS) is 14.6. The van der Waals surface area contributed by atoms with Gasteiger partial charge in [-0.05, 0) is 65.0 Å². The van der Waals surface area contributed by atoms with E-state index in [0.29, 0.717) is 23.0 Å². The monoisotopic (exact) mass is 496 g/mol. The summed E-state index contributed by atoms with van der Waals surface area (Å²) in [5.41, 5.74) is 4.83. The fourth-order valence-corrected chi connectivity index (χ4v) is 4.52. The molecule has 0 bridgehead atoms. The molecular weight excluding hydrogens is 476 g/mol. The number of nitrogens with zero attached hydrogens (tertiary/aromatic N) is 6. The van der Waals surface area contributed by atoms with Gasteiger partial charge in [-0.1, -0.05) is 18.2 Å². The van der Waals surface area contributed by atoms with Crippen molar-refractivity contribution in [3.63, 3.8) is 0 Å². The Labute approximate surface area is 209 Å². The van der Waals surface area contributed by atoms with Crippen molar-refractivity contribution < 1.29 is 19.0 Å². The third-order valence-electron chi connectivity index (χ3n) is 6.42. The number of benzene rings is 2. The molecule has 1 aliphatic carbocycles. The van der Waals surface area contributed by atoms with Crippen molar-refractivity contribution in [3.05, 3.63) is 82.4 Å². The van der Waals surface area contributed by atoms with Crippen molar-refractivity contribution in [3.8, 4) is 0 Å². The van der Waals surface area contributed by atoms with Crippen molar-refractivity contribution in [2.75, 3.05) is 0 Å². The third-order valence-corrected chi connectivity index (χ3v) is 6.42. The van der Waals surface area contributed by atoms with Gasteiger partial charge in [-0.25, -0.2) is 9.61 Å². The number of hydrogen-bond acceptors (Lipinski definition) is 9. The summed E-state index contributed by atoms with van der Waals surface area (Å²) in [4.78, 5) is 46.3. The van der Waals surface area contributed by atoms with E-state index in [1.165, 1.54) is 23.8 Å². The zero-order chi connectivity index (χ0) is 25.5. The number of amides is 2. The van der Waals surface area contributed by atoms with E-state index >= 15 is 0 Å². The standard InChI is InChI=1S/C25H20N8O4/c1-13(34)15-3-5-17-16(9-15)4-7-18(17)29-24(36)22-10-21(30-25-27-12-28-33(22)25)23(35)26-11-14-2-6-19-20(8-14)32-37-31-19/h2-3,5-6,8-10,12,18H,4,7,11H2,1H3,(H,26,35)(H,29,36)/t18-/m0/s1. The van der Waals surface area contributed by atoms with E-state index in [9.17, 15) is 14.4 Å². The smallest absolute Gasteiger partial charge is 0.270 e. The molecule has 184 valence electrons. The van der Waals surface area contributed by atoms with E-state index in [0.717, 1.165) is 23.1 Å². The first kappa shape index (κ1) is 22.5. The second kappa shape index (κ2) is 8.90. The highest BCUT2D eigenvalue weighted by Crippen LogP contribution is 2.32. The molecule has 2 amide bonds. The zero-order valence-electron chi connectivity index (χ0n) is 19.6. The van der Waals surface area contributed by atoms with Crippen LogP contribution in [0.1, 0.15) is 67.4 Å². The van der Waals surface area contributed by atoms with Crippen LogP contribution in [0.2, 0.25) is 0 Å². The third kappa shape index (κ3) is 4.18. The molecule has 0 saturated heterocycles. The Morgan fingerprint density at radius 3 is 2.78 bits per heavy atom.